The van der Waals surface area contributed by atoms with E-state index in [1.165, 1.54) is 0 Å². The second-order valence-electron chi connectivity index (χ2n) is 5.15. The number of hydrogen-bond acceptors (Lipinski definition) is 3. The predicted octanol–water partition coefficient (Wildman–Crippen LogP) is 1.57. The first-order chi connectivity index (χ1) is 7.15. The maximum Gasteiger partial charge on any atom is 0.341 e. The summed E-state index contributed by atoms with van der Waals surface area (Å²) in [6.07, 6.45) is 1.93. The predicted molar refractivity (Wildman–Crippen MR) is 64.4 cm³/mol. The summed E-state index contributed by atoms with van der Waals surface area (Å²) in [6, 6.07) is 0. The van der Waals surface area contributed by atoms with Crippen molar-refractivity contribution in [3.8, 4) is 0 Å². The van der Waals surface area contributed by atoms with Gasteiger partial charge in [-0.2, -0.15) is 0 Å². The first-order valence-electron chi connectivity index (χ1n) is 5.45. The molecule has 0 saturated carbocycles. The van der Waals surface area contributed by atoms with Crippen LogP contribution in [0.15, 0.2) is 5.16 Å². The highest BCUT2D eigenvalue weighted by Gasteiger charge is 2.44. The second-order valence-corrected chi connectivity index (χ2v) is 5.15. The van der Waals surface area contributed by atoms with Crippen molar-refractivity contribution in [2.24, 2.45) is 27.5 Å². The molecule has 5 nitrogen and oxygen atoms in total. The van der Waals surface area contributed by atoms with Crippen LogP contribution in [0.2, 0.25) is 0 Å². The van der Waals surface area contributed by atoms with Gasteiger partial charge in [0.05, 0.1) is 5.41 Å². The first-order valence-corrected chi connectivity index (χ1v) is 5.45. The van der Waals surface area contributed by atoms with Gasteiger partial charge in [0.15, 0.2) is 0 Å². The lowest BCUT2D eigenvalue weighted by Gasteiger charge is -2.38. The van der Waals surface area contributed by atoms with Crippen molar-refractivity contribution in [2.75, 3.05) is 0 Å². The molecule has 0 aromatic heterocycles. The van der Waals surface area contributed by atoms with Crippen LogP contribution in [0.3, 0.4) is 0 Å². The summed E-state index contributed by atoms with van der Waals surface area (Å²) >= 11 is 0. The molecule has 0 atom stereocenters. The Morgan fingerprint density at radius 2 is 1.75 bits per heavy atom. The fourth-order valence-electron chi connectivity index (χ4n) is 1.42. The number of guanidine groups is 1. The van der Waals surface area contributed by atoms with Crippen molar-refractivity contribution in [1.82, 2.24) is 0 Å². The van der Waals surface area contributed by atoms with Crippen molar-refractivity contribution < 1.29 is 9.63 Å². The lowest BCUT2D eigenvalue weighted by Crippen LogP contribution is -2.40. The molecule has 0 aliphatic heterocycles. The smallest absolute Gasteiger partial charge is 0.341 e. The minimum Gasteiger partial charge on any atom is -0.367 e. The van der Waals surface area contributed by atoms with E-state index >= 15 is 0 Å². The van der Waals surface area contributed by atoms with Crippen LogP contribution in [0.4, 0.5) is 0 Å². The van der Waals surface area contributed by atoms with E-state index in [1.54, 1.807) is 0 Å². The molecule has 0 amide bonds. The minimum atomic E-state index is -0.637. The van der Waals surface area contributed by atoms with Crippen LogP contribution in [0.25, 0.3) is 0 Å². The summed E-state index contributed by atoms with van der Waals surface area (Å²) in [6.45, 7) is 9.83. The fourth-order valence-corrected chi connectivity index (χ4v) is 1.42. The van der Waals surface area contributed by atoms with E-state index in [4.69, 9.17) is 16.3 Å². The average molecular weight is 229 g/mol. The van der Waals surface area contributed by atoms with Crippen LogP contribution in [0.5, 0.6) is 0 Å². The summed E-state index contributed by atoms with van der Waals surface area (Å²) in [5.41, 5.74) is 9.40. The van der Waals surface area contributed by atoms with Gasteiger partial charge in [-0.15, -0.1) is 0 Å². The SMILES string of the molecule is CCCC(C)(C)C(C)(C)C(=O)ON=C(N)N. The molecule has 0 aliphatic rings. The van der Waals surface area contributed by atoms with Gasteiger partial charge in [0.1, 0.15) is 0 Å². The van der Waals surface area contributed by atoms with Crippen molar-refractivity contribution in [2.45, 2.75) is 47.5 Å². The molecular formula is C11H23N3O2. The molecule has 0 aromatic carbocycles. The molecule has 5 heteroatoms. The Bertz CT molecular complexity index is 279. The summed E-state index contributed by atoms with van der Waals surface area (Å²) in [5.74, 6) is -0.670. The van der Waals surface area contributed by atoms with E-state index in [-0.39, 0.29) is 11.4 Å². The van der Waals surface area contributed by atoms with Crippen molar-refractivity contribution in [1.29, 1.82) is 0 Å². The number of carbonyl (C=O) groups is 1. The van der Waals surface area contributed by atoms with E-state index in [1.807, 2.05) is 27.7 Å². The second kappa shape index (κ2) is 5.18. The van der Waals surface area contributed by atoms with E-state index in [2.05, 4.69) is 12.1 Å². The van der Waals surface area contributed by atoms with E-state index in [0.29, 0.717) is 0 Å². The summed E-state index contributed by atoms with van der Waals surface area (Å²) in [5, 5.41) is 3.29. The minimum absolute atomic E-state index is 0.169. The zero-order chi connectivity index (χ0) is 13.0. The molecule has 0 unspecified atom stereocenters. The number of rotatable bonds is 5. The topological polar surface area (TPSA) is 90.7 Å². The zero-order valence-electron chi connectivity index (χ0n) is 10.8. The molecule has 0 spiro atoms. The number of nitrogens with two attached hydrogens (primary N) is 2. The van der Waals surface area contributed by atoms with Gasteiger partial charge in [-0.25, -0.2) is 4.79 Å². The van der Waals surface area contributed by atoms with Crippen LogP contribution in [-0.2, 0) is 9.63 Å². The number of nitrogens with zero attached hydrogens (tertiary/aromatic N) is 1. The first kappa shape index (κ1) is 14.7. The van der Waals surface area contributed by atoms with Crippen LogP contribution >= 0.6 is 0 Å². The van der Waals surface area contributed by atoms with Gasteiger partial charge in [0.25, 0.3) is 0 Å². The Balaban J connectivity index is 4.77. The van der Waals surface area contributed by atoms with Gasteiger partial charge in [-0.3, -0.25) is 0 Å². The highest BCUT2D eigenvalue weighted by Crippen LogP contribution is 2.43. The number of hydrogen-bond donors (Lipinski definition) is 2. The highest BCUT2D eigenvalue weighted by molar-refractivity contribution is 5.79. The molecule has 0 aliphatic carbocycles. The van der Waals surface area contributed by atoms with Crippen LogP contribution in [0.1, 0.15) is 47.5 Å². The maximum absolute atomic E-state index is 11.9. The van der Waals surface area contributed by atoms with Gasteiger partial charge < -0.3 is 16.3 Å². The van der Waals surface area contributed by atoms with Crippen LogP contribution in [-0.4, -0.2) is 11.9 Å². The van der Waals surface area contributed by atoms with Crippen molar-refractivity contribution in [3.63, 3.8) is 0 Å². The normalized spacial score (nSPS) is 12.1. The quantitative estimate of drug-likeness (QED) is 0.324. The summed E-state index contributed by atoms with van der Waals surface area (Å²) < 4.78 is 0. The highest BCUT2D eigenvalue weighted by atomic mass is 16.7. The standard InChI is InChI=1S/C11H23N3O2/c1-6-7-10(2,3)11(4,5)8(15)16-14-9(12)13/h6-7H2,1-5H3,(H4,12,13,14). The molecule has 0 heterocycles. The zero-order valence-corrected chi connectivity index (χ0v) is 10.8. The summed E-state index contributed by atoms with van der Waals surface area (Å²) in [7, 11) is 0. The third-order valence-corrected chi connectivity index (χ3v) is 3.31. The van der Waals surface area contributed by atoms with Gasteiger partial charge in [-0.1, -0.05) is 27.2 Å². The third-order valence-electron chi connectivity index (χ3n) is 3.31. The van der Waals surface area contributed by atoms with E-state index < -0.39 is 11.4 Å². The van der Waals surface area contributed by atoms with E-state index in [9.17, 15) is 4.79 Å². The molecule has 16 heavy (non-hydrogen) atoms. The molecular weight excluding hydrogens is 206 g/mol. The van der Waals surface area contributed by atoms with Crippen molar-refractivity contribution >= 4 is 11.9 Å². The Morgan fingerprint density at radius 1 is 1.25 bits per heavy atom. The maximum atomic E-state index is 11.9. The molecule has 94 valence electrons. The molecule has 0 radical (unpaired) electrons. The van der Waals surface area contributed by atoms with Gasteiger partial charge >= 0.3 is 5.97 Å². The Morgan fingerprint density at radius 3 is 2.12 bits per heavy atom. The molecule has 0 saturated heterocycles. The summed E-state index contributed by atoms with van der Waals surface area (Å²) in [4.78, 5) is 16.6. The van der Waals surface area contributed by atoms with Gasteiger partial charge in [-0.05, 0) is 30.8 Å². The van der Waals surface area contributed by atoms with Gasteiger partial charge in [0, 0.05) is 0 Å². The molecule has 0 aromatic rings. The Labute approximate surface area is 97.2 Å². The lowest BCUT2D eigenvalue weighted by atomic mass is 9.66. The monoisotopic (exact) mass is 229 g/mol. The lowest BCUT2D eigenvalue weighted by molar-refractivity contribution is -0.161. The fraction of sp³-hybridized carbons (Fsp3) is 0.818. The van der Waals surface area contributed by atoms with Crippen LogP contribution in [0, 0.1) is 10.8 Å². The number of carbonyl (C=O) groups excluding carboxylic acids is 1. The van der Waals surface area contributed by atoms with Crippen molar-refractivity contribution in [3.05, 3.63) is 0 Å². The number of oxime groups is 1. The Hall–Kier alpha value is -1.26. The molecule has 0 fully saturated rings. The third kappa shape index (κ3) is 3.40. The molecule has 4 N–H and O–H groups in total. The average Bonchev–Trinajstić information content (AvgIpc) is 2.13. The van der Waals surface area contributed by atoms with E-state index in [0.717, 1.165) is 12.8 Å². The molecule has 0 rings (SSSR count). The Kier molecular flexibility index (Phi) is 4.78. The molecule has 0 bridgehead atoms. The largest absolute Gasteiger partial charge is 0.367 e. The van der Waals surface area contributed by atoms with Crippen LogP contribution < -0.4 is 11.5 Å². The van der Waals surface area contributed by atoms with Gasteiger partial charge in [0.2, 0.25) is 5.96 Å².